The Labute approximate surface area is 94.0 Å². The number of nitro groups is 1. The Morgan fingerprint density at radius 3 is 2.38 bits per heavy atom. The second kappa shape index (κ2) is 7.11. The number of hydrogen-bond acceptors (Lipinski definition) is 4. The molecule has 0 aliphatic rings. The van der Waals surface area contributed by atoms with Crippen LogP contribution in [0.1, 0.15) is 13.0 Å². The van der Waals surface area contributed by atoms with E-state index in [0.29, 0.717) is 6.42 Å². The number of hydrogen-bond donors (Lipinski definition) is 1. The van der Waals surface area contributed by atoms with Crippen molar-refractivity contribution in [2.75, 3.05) is 6.61 Å². The van der Waals surface area contributed by atoms with Gasteiger partial charge in [-0.1, -0.05) is 19.6 Å². The summed E-state index contributed by atoms with van der Waals surface area (Å²) in [5, 5.41) is 10.3. The van der Waals surface area contributed by atoms with Crippen LogP contribution in [-0.2, 0) is 15.5 Å². The summed E-state index contributed by atoms with van der Waals surface area (Å²) in [5.74, 6) is 0. The van der Waals surface area contributed by atoms with Gasteiger partial charge in [0.15, 0.2) is 0 Å². The quantitative estimate of drug-likeness (QED) is 0.489. The highest BCUT2D eigenvalue weighted by molar-refractivity contribution is 7.32. The summed E-state index contributed by atoms with van der Waals surface area (Å²) >= 11 is 0. The van der Waals surface area contributed by atoms with Crippen molar-refractivity contribution in [3.8, 4) is 0 Å². The van der Waals surface area contributed by atoms with Gasteiger partial charge in [0, 0.05) is 12.1 Å². The minimum atomic E-state index is -2.88. The van der Waals surface area contributed by atoms with Crippen LogP contribution in [0.4, 0.5) is 5.69 Å². The molecule has 1 aromatic carbocycles. The minimum absolute atomic E-state index is 0. The van der Waals surface area contributed by atoms with Crippen LogP contribution in [0, 0.1) is 10.1 Å². The van der Waals surface area contributed by atoms with Crippen molar-refractivity contribution < 1.29 is 18.9 Å². The van der Waals surface area contributed by atoms with Crippen LogP contribution >= 0.6 is 8.25 Å². The highest BCUT2D eigenvalue weighted by Gasteiger charge is 2.03. The molecule has 0 aromatic heterocycles. The van der Waals surface area contributed by atoms with E-state index in [2.05, 4.69) is 4.52 Å². The average molecular weight is 247 g/mol. The molecule has 0 heterocycles. The molecule has 0 aliphatic heterocycles. The molecule has 0 bridgehead atoms. The maximum Gasteiger partial charge on any atom is 0.316 e. The van der Waals surface area contributed by atoms with E-state index in [1.54, 1.807) is 12.1 Å². The molecule has 0 fully saturated rings. The zero-order chi connectivity index (χ0) is 11.3. The number of nitrogens with zero attached hydrogens (tertiary/aromatic N) is 1. The van der Waals surface area contributed by atoms with Crippen molar-refractivity contribution >= 4 is 13.9 Å². The summed E-state index contributed by atoms with van der Waals surface area (Å²) in [6.07, 6.45) is 0.453. The molecule has 7 heteroatoms. The molecule has 0 saturated heterocycles. The van der Waals surface area contributed by atoms with Gasteiger partial charge in [-0.3, -0.25) is 14.7 Å². The third-order valence-corrected chi connectivity index (χ3v) is 2.21. The summed E-state index contributed by atoms with van der Waals surface area (Å²) in [6, 6.07) is 5.96. The van der Waals surface area contributed by atoms with E-state index >= 15 is 0 Å². The maximum absolute atomic E-state index is 10.3. The molecule has 6 nitrogen and oxygen atoms in total. The second-order valence-electron chi connectivity index (χ2n) is 2.79. The largest absolute Gasteiger partial charge is 0.326 e. The molecule has 0 radical (unpaired) electrons. The van der Waals surface area contributed by atoms with E-state index in [0.717, 1.165) is 5.56 Å². The van der Waals surface area contributed by atoms with Crippen LogP contribution in [0.3, 0.4) is 0 Å². The third kappa shape index (κ3) is 5.02. The zero-order valence-corrected chi connectivity index (χ0v) is 8.75. The van der Waals surface area contributed by atoms with E-state index in [4.69, 9.17) is 4.89 Å². The summed E-state index contributed by atoms with van der Waals surface area (Å²) < 4.78 is 14.7. The summed E-state index contributed by atoms with van der Waals surface area (Å²) in [6.45, 7) is 0.131. The lowest BCUT2D eigenvalue weighted by Crippen LogP contribution is -1.94. The average Bonchev–Trinajstić information content (AvgIpc) is 2.18. The first-order valence-corrected chi connectivity index (χ1v) is 5.45. The molecule has 1 aromatic rings. The van der Waals surface area contributed by atoms with Crippen LogP contribution in [0.25, 0.3) is 0 Å². The fourth-order valence-corrected chi connectivity index (χ4v) is 1.32. The van der Waals surface area contributed by atoms with Crippen LogP contribution in [0.5, 0.6) is 0 Å². The summed E-state index contributed by atoms with van der Waals surface area (Å²) in [4.78, 5) is 18.2. The van der Waals surface area contributed by atoms with Crippen LogP contribution in [-0.4, -0.2) is 16.4 Å². The Morgan fingerprint density at radius 1 is 1.38 bits per heavy atom. The van der Waals surface area contributed by atoms with Gasteiger partial charge in [0.1, 0.15) is 0 Å². The van der Waals surface area contributed by atoms with Gasteiger partial charge in [-0.05, 0) is 12.0 Å². The maximum atomic E-state index is 10.3. The topological polar surface area (TPSA) is 89.7 Å². The summed E-state index contributed by atoms with van der Waals surface area (Å²) in [7, 11) is -2.88. The predicted octanol–water partition coefficient (Wildman–Crippen LogP) is 2.17. The Hall–Kier alpha value is -1.23. The van der Waals surface area contributed by atoms with Gasteiger partial charge in [-0.2, -0.15) is 0 Å². The molecule has 90 valence electrons. The molecule has 0 amide bonds. The van der Waals surface area contributed by atoms with E-state index in [9.17, 15) is 14.7 Å². The smallest absolute Gasteiger partial charge is 0.316 e. The highest BCUT2D eigenvalue weighted by Crippen LogP contribution is 2.16. The van der Waals surface area contributed by atoms with Crippen LogP contribution < -0.4 is 0 Å². The normalized spacial score (nSPS) is 11.6. The van der Waals surface area contributed by atoms with E-state index in [1.807, 2.05) is 0 Å². The fourth-order valence-electron chi connectivity index (χ4n) is 1.04. The highest BCUT2D eigenvalue weighted by atomic mass is 31.1. The van der Waals surface area contributed by atoms with Crippen molar-refractivity contribution in [1.29, 1.82) is 0 Å². The molecule has 0 saturated carbocycles. The van der Waals surface area contributed by atoms with Crippen molar-refractivity contribution in [3.05, 3.63) is 39.9 Å². The van der Waals surface area contributed by atoms with Crippen LogP contribution in [0.2, 0.25) is 0 Å². The first-order valence-electron chi connectivity index (χ1n) is 4.18. The van der Waals surface area contributed by atoms with Crippen LogP contribution in [0.15, 0.2) is 24.3 Å². The third-order valence-electron chi connectivity index (χ3n) is 1.76. The van der Waals surface area contributed by atoms with Crippen molar-refractivity contribution in [2.24, 2.45) is 0 Å². The monoisotopic (exact) mass is 247 g/mol. The molecule has 1 N–H and O–H groups in total. The second-order valence-corrected chi connectivity index (χ2v) is 3.61. The van der Waals surface area contributed by atoms with Gasteiger partial charge in [0.05, 0.1) is 11.5 Å². The minimum Gasteiger partial charge on any atom is -0.326 e. The number of benzene rings is 1. The van der Waals surface area contributed by atoms with Gasteiger partial charge in [-0.25, -0.2) is 0 Å². The first-order chi connectivity index (χ1) is 7.09. The lowest BCUT2D eigenvalue weighted by molar-refractivity contribution is -0.384. The molecule has 1 rings (SSSR count). The fraction of sp³-hybridized carbons (Fsp3) is 0.333. The van der Waals surface area contributed by atoms with Gasteiger partial charge < -0.3 is 9.42 Å². The number of non-ortho nitro benzene ring substituents is 1. The van der Waals surface area contributed by atoms with Crippen molar-refractivity contribution in [2.45, 2.75) is 13.8 Å². The van der Waals surface area contributed by atoms with E-state index in [-0.39, 0.29) is 19.7 Å². The Morgan fingerprint density at radius 2 is 1.94 bits per heavy atom. The SMILES string of the molecule is C.O=[N+]([O-])c1ccc(CCO[PH](=O)O)cc1. The van der Waals surface area contributed by atoms with Gasteiger partial charge >= 0.3 is 8.25 Å². The molecule has 1 atom stereocenters. The predicted molar refractivity (Wildman–Crippen MR) is 60.7 cm³/mol. The van der Waals surface area contributed by atoms with Gasteiger partial charge in [0.25, 0.3) is 5.69 Å². The molecular weight excluding hydrogens is 233 g/mol. The van der Waals surface area contributed by atoms with Gasteiger partial charge in [-0.15, -0.1) is 0 Å². The lowest BCUT2D eigenvalue weighted by atomic mass is 10.1. The Kier molecular flexibility index (Phi) is 6.56. The van der Waals surface area contributed by atoms with E-state index in [1.165, 1.54) is 12.1 Å². The number of rotatable bonds is 5. The first kappa shape index (κ1) is 14.8. The standard InChI is InChI=1S/C8H10NO5P.CH4/c10-9(11)8-3-1-7(2-4-8)5-6-14-15(12)13;/h1-4,15H,5-6H2,(H,12,13);1H4. The number of nitro benzene ring substituents is 1. The van der Waals surface area contributed by atoms with Gasteiger partial charge in [0.2, 0.25) is 0 Å². The molecule has 0 spiro atoms. The van der Waals surface area contributed by atoms with Crippen molar-refractivity contribution in [3.63, 3.8) is 0 Å². The molecular formula is C9H14NO5P. The summed E-state index contributed by atoms with van der Waals surface area (Å²) in [5.41, 5.74) is 0.847. The van der Waals surface area contributed by atoms with E-state index < -0.39 is 13.2 Å². The van der Waals surface area contributed by atoms with Crippen molar-refractivity contribution in [1.82, 2.24) is 0 Å². The lowest BCUT2D eigenvalue weighted by Gasteiger charge is -2.00. The molecule has 16 heavy (non-hydrogen) atoms. The zero-order valence-electron chi connectivity index (χ0n) is 7.75. The molecule has 0 aliphatic carbocycles. The molecule has 1 unspecified atom stereocenters. The Balaban J connectivity index is 0.00000225. The Bertz CT molecular complexity index is 365.